The fraction of sp³-hybridized carbons (Fsp3) is 0.0833. The van der Waals surface area contributed by atoms with Gasteiger partial charge < -0.3 is 0 Å². The van der Waals surface area contributed by atoms with E-state index in [1.165, 1.54) is 10.8 Å². The van der Waals surface area contributed by atoms with Gasteiger partial charge in [-0.1, -0.05) is 34.1 Å². The molecule has 0 saturated carbocycles. The van der Waals surface area contributed by atoms with E-state index in [0.717, 1.165) is 9.81 Å². The van der Waals surface area contributed by atoms with Gasteiger partial charge in [-0.05, 0) is 27.4 Å². The number of pyridine rings is 1. The fourth-order valence-corrected chi connectivity index (χ4v) is 1.81. The Morgan fingerprint density at radius 3 is 2.67 bits per heavy atom. The van der Waals surface area contributed by atoms with Gasteiger partial charge in [-0.25, -0.2) is 0 Å². The predicted octanol–water partition coefficient (Wildman–Crippen LogP) is 3.72. The summed E-state index contributed by atoms with van der Waals surface area (Å²) in [6, 6.07) is 10.4. The molecule has 1 nitrogen and oxygen atoms in total. The summed E-state index contributed by atoms with van der Waals surface area (Å²) in [6.07, 6.45) is 6.20. The van der Waals surface area contributed by atoms with Crippen molar-refractivity contribution < 1.29 is 4.57 Å². The van der Waals surface area contributed by atoms with Gasteiger partial charge in [0.15, 0.2) is 18.6 Å². The van der Waals surface area contributed by atoms with Gasteiger partial charge in [0, 0.05) is 16.8 Å². The second-order valence-electron chi connectivity index (χ2n) is 3.23. The molecule has 0 atom stereocenters. The third-order valence-electron chi connectivity index (χ3n) is 2.13. The van der Waals surface area contributed by atoms with Crippen LogP contribution in [0.1, 0.15) is 0 Å². The molecule has 0 aliphatic rings. The van der Waals surface area contributed by atoms with E-state index in [4.69, 9.17) is 0 Å². The van der Waals surface area contributed by atoms with Crippen LogP contribution in [0.5, 0.6) is 0 Å². The van der Waals surface area contributed by atoms with Crippen molar-refractivity contribution in [3.63, 3.8) is 0 Å². The first kappa shape index (κ1) is 10.8. The Bertz CT molecular complexity index is 506. The Morgan fingerprint density at radius 2 is 1.93 bits per heavy atom. The van der Waals surface area contributed by atoms with Crippen LogP contribution >= 0.6 is 31.9 Å². The van der Waals surface area contributed by atoms with Crippen molar-refractivity contribution in [1.29, 1.82) is 0 Å². The Balaban J connectivity index is 2.47. The molecule has 0 N–H and O–H groups in total. The molecule has 1 aromatic heterocycles. The normalized spacial score (nSPS) is 12.0. The van der Waals surface area contributed by atoms with Gasteiger partial charge in [0.25, 0.3) is 0 Å². The minimum atomic E-state index is 0.826. The van der Waals surface area contributed by atoms with Crippen LogP contribution in [0, 0.1) is 0 Å². The molecule has 2 aromatic rings. The van der Waals surface area contributed by atoms with Gasteiger partial charge in [-0.3, -0.25) is 0 Å². The van der Waals surface area contributed by atoms with Gasteiger partial charge in [0.05, 0.1) is 4.48 Å². The van der Waals surface area contributed by atoms with Gasteiger partial charge in [0.1, 0.15) is 0 Å². The lowest BCUT2D eigenvalue weighted by molar-refractivity contribution is -0.566. The number of rotatable bonds is 2. The highest BCUT2D eigenvalue weighted by atomic mass is 79.9. The zero-order valence-electron chi connectivity index (χ0n) is 8.03. The van der Waals surface area contributed by atoms with Gasteiger partial charge in [-0.2, -0.15) is 4.57 Å². The van der Waals surface area contributed by atoms with Crippen molar-refractivity contribution in [3.8, 4) is 0 Å². The second-order valence-corrected chi connectivity index (χ2v) is 4.81. The van der Waals surface area contributed by atoms with E-state index in [9.17, 15) is 0 Å². The van der Waals surface area contributed by atoms with Gasteiger partial charge in [0.2, 0.25) is 0 Å². The average molecular weight is 328 g/mol. The number of fused-ring (bicyclic) bond motifs is 1. The highest BCUT2D eigenvalue weighted by Crippen LogP contribution is 2.11. The highest BCUT2D eigenvalue weighted by Gasteiger charge is 2.00. The standard InChI is InChI=1S/C12H10Br2N/c13-7-12(14)9-15-6-5-10-3-1-2-4-11(10)8-15/h1-6,8-9H,7H2/q+1. The average Bonchev–Trinajstić information content (AvgIpc) is 2.29. The number of nitrogens with zero attached hydrogens (tertiary/aromatic N) is 1. The minimum absolute atomic E-state index is 0.826. The number of benzene rings is 1. The predicted molar refractivity (Wildman–Crippen MR) is 71.1 cm³/mol. The lowest BCUT2D eigenvalue weighted by Crippen LogP contribution is -2.24. The van der Waals surface area contributed by atoms with E-state index in [2.05, 4.69) is 68.4 Å². The summed E-state index contributed by atoms with van der Waals surface area (Å²) in [4.78, 5) is 0. The molecule has 0 amide bonds. The van der Waals surface area contributed by atoms with Crippen molar-refractivity contribution in [1.82, 2.24) is 0 Å². The third kappa shape index (κ3) is 2.67. The Hall–Kier alpha value is -0.670. The molecule has 76 valence electrons. The fourth-order valence-electron chi connectivity index (χ4n) is 1.43. The molecule has 0 radical (unpaired) electrons. The van der Waals surface area contributed by atoms with Crippen molar-refractivity contribution >= 4 is 48.8 Å². The van der Waals surface area contributed by atoms with E-state index in [1.54, 1.807) is 0 Å². The topological polar surface area (TPSA) is 3.88 Å². The van der Waals surface area contributed by atoms with E-state index < -0.39 is 0 Å². The first-order valence-corrected chi connectivity index (χ1v) is 6.53. The monoisotopic (exact) mass is 326 g/mol. The van der Waals surface area contributed by atoms with Crippen LogP contribution in [-0.4, -0.2) is 5.33 Å². The Morgan fingerprint density at radius 1 is 1.20 bits per heavy atom. The highest BCUT2D eigenvalue weighted by molar-refractivity contribution is 9.13. The minimum Gasteiger partial charge on any atom is -0.172 e. The van der Waals surface area contributed by atoms with E-state index in [-0.39, 0.29) is 0 Å². The zero-order chi connectivity index (χ0) is 10.7. The van der Waals surface area contributed by atoms with Gasteiger partial charge in [-0.15, -0.1) is 0 Å². The molecule has 0 aliphatic heterocycles. The number of hydrogen-bond acceptors (Lipinski definition) is 0. The summed E-state index contributed by atoms with van der Waals surface area (Å²) < 4.78 is 3.16. The maximum Gasteiger partial charge on any atom is 0.185 e. The summed E-state index contributed by atoms with van der Waals surface area (Å²) in [5.74, 6) is 0. The van der Waals surface area contributed by atoms with Crippen molar-refractivity contribution in [2.75, 3.05) is 5.33 Å². The van der Waals surface area contributed by atoms with Crippen LogP contribution < -0.4 is 4.57 Å². The quantitative estimate of drug-likeness (QED) is 0.584. The van der Waals surface area contributed by atoms with Gasteiger partial charge >= 0.3 is 0 Å². The lowest BCUT2D eigenvalue weighted by Gasteiger charge is -1.94. The van der Waals surface area contributed by atoms with Crippen LogP contribution in [-0.2, 0) is 0 Å². The van der Waals surface area contributed by atoms with E-state index in [0.29, 0.717) is 0 Å². The maximum atomic E-state index is 3.47. The van der Waals surface area contributed by atoms with Crippen LogP contribution in [0.2, 0.25) is 0 Å². The van der Waals surface area contributed by atoms with Crippen molar-refractivity contribution in [3.05, 3.63) is 47.2 Å². The number of hydrogen-bond donors (Lipinski definition) is 0. The van der Waals surface area contributed by atoms with Crippen molar-refractivity contribution in [2.24, 2.45) is 0 Å². The molecule has 15 heavy (non-hydrogen) atoms. The molecule has 0 fully saturated rings. The molecular weight excluding hydrogens is 318 g/mol. The molecule has 0 aliphatic carbocycles. The lowest BCUT2D eigenvalue weighted by atomic mass is 10.2. The molecule has 0 saturated heterocycles. The second kappa shape index (κ2) is 4.90. The van der Waals surface area contributed by atoms with E-state index >= 15 is 0 Å². The van der Waals surface area contributed by atoms with Crippen LogP contribution in [0.15, 0.2) is 47.2 Å². The number of alkyl halides is 1. The Kier molecular flexibility index (Phi) is 3.54. The summed E-state index contributed by atoms with van der Waals surface area (Å²) in [6.45, 7) is 0. The molecule has 0 unspecified atom stereocenters. The molecular formula is C12H10Br2N+. The summed E-state index contributed by atoms with van der Waals surface area (Å²) in [7, 11) is 0. The van der Waals surface area contributed by atoms with E-state index in [1.807, 2.05) is 17.0 Å². The molecule has 0 bridgehead atoms. The van der Waals surface area contributed by atoms with Crippen LogP contribution in [0.25, 0.3) is 17.0 Å². The van der Waals surface area contributed by atoms with Crippen molar-refractivity contribution in [2.45, 2.75) is 0 Å². The molecule has 1 aromatic carbocycles. The third-order valence-corrected chi connectivity index (χ3v) is 3.97. The number of halogens is 2. The first-order valence-electron chi connectivity index (χ1n) is 4.61. The Labute approximate surface area is 106 Å². The summed E-state index contributed by atoms with van der Waals surface area (Å²) in [5, 5.41) is 3.33. The SMILES string of the molecule is BrCC(Br)=C[n+]1ccc2ccccc2c1. The molecule has 1 heterocycles. The smallest absolute Gasteiger partial charge is 0.172 e. The summed E-state index contributed by atoms with van der Waals surface area (Å²) >= 11 is 6.86. The first-order chi connectivity index (χ1) is 7.29. The maximum absolute atomic E-state index is 3.47. The number of aromatic nitrogens is 1. The largest absolute Gasteiger partial charge is 0.185 e. The zero-order valence-corrected chi connectivity index (χ0v) is 11.2. The van der Waals surface area contributed by atoms with Crippen LogP contribution in [0.3, 0.4) is 0 Å². The van der Waals surface area contributed by atoms with Crippen LogP contribution in [0.4, 0.5) is 0 Å². The summed E-state index contributed by atoms with van der Waals surface area (Å²) in [5.41, 5.74) is 0. The molecule has 3 heteroatoms. The number of allylic oxidation sites excluding steroid dienone is 1. The molecule has 2 rings (SSSR count). The molecule has 0 spiro atoms.